The Labute approximate surface area is 187 Å². The molecule has 166 valence electrons. The number of hydrogen-bond donors (Lipinski definition) is 0. The number of imide groups is 1. The van der Waals surface area contributed by atoms with Gasteiger partial charge in [-0.1, -0.05) is 51.1 Å². The highest BCUT2D eigenvalue weighted by Gasteiger charge is 2.64. The predicted octanol–water partition coefficient (Wildman–Crippen LogP) is 2.68. The Bertz CT molecular complexity index is 1170. The van der Waals surface area contributed by atoms with Crippen molar-refractivity contribution in [2.75, 3.05) is 25.2 Å². The number of pyridine rings is 1. The minimum absolute atomic E-state index is 0.0427. The molecule has 7 heteroatoms. The van der Waals surface area contributed by atoms with Crippen molar-refractivity contribution < 1.29 is 19.1 Å². The monoisotopic (exact) mass is 433 g/mol. The van der Waals surface area contributed by atoms with E-state index in [4.69, 9.17) is 4.74 Å². The van der Waals surface area contributed by atoms with Crippen molar-refractivity contribution in [3.63, 3.8) is 0 Å². The van der Waals surface area contributed by atoms with Gasteiger partial charge in [0.05, 0.1) is 42.2 Å². The van der Waals surface area contributed by atoms with Gasteiger partial charge in [0.25, 0.3) is 0 Å². The predicted molar refractivity (Wildman–Crippen MR) is 121 cm³/mol. The van der Waals surface area contributed by atoms with E-state index >= 15 is 0 Å². The molecule has 2 saturated heterocycles. The third-order valence-electron chi connectivity index (χ3n) is 6.86. The zero-order valence-corrected chi connectivity index (χ0v) is 18.7. The first-order chi connectivity index (χ1) is 15.3. The first kappa shape index (κ1) is 20.8. The Morgan fingerprint density at radius 3 is 2.59 bits per heavy atom. The van der Waals surface area contributed by atoms with Crippen LogP contribution in [0.3, 0.4) is 0 Å². The second-order valence-electron chi connectivity index (χ2n) is 9.77. The van der Waals surface area contributed by atoms with Crippen molar-refractivity contribution in [3.05, 3.63) is 42.1 Å². The molecule has 0 aliphatic carbocycles. The van der Waals surface area contributed by atoms with Crippen molar-refractivity contribution in [2.45, 2.75) is 32.9 Å². The van der Waals surface area contributed by atoms with Gasteiger partial charge >= 0.3 is 0 Å². The Balaban J connectivity index is 1.70. The lowest BCUT2D eigenvalue weighted by atomic mass is 9.79. The Kier molecular flexibility index (Phi) is 4.71. The summed E-state index contributed by atoms with van der Waals surface area (Å²) in [6.45, 7) is 6.07. The molecule has 1 aromatic carbocycles. The molecule has 1 aromatic heterocycles. The number of anilines is 1. The molecule has 2 amide bonds. The van der Waals surface area contributed by atoms with Crippen LogP contribution in [0.5, 0.6) is 0 Å². The van der Waals surface area contributed by atoms with Crippen LogP contribution >= 0.6 is 0 Å². The molecule has 0 spiro atoms. The summed E-state index contributed by atoms with van der Waals surface area (Å²) in [6.07, 6.45) is 5.69. The molecule has 0 bridgehead atoms. The number of rotatable bonds is 4. The van der Waals surface area contributed by atoms with Crippen molar-refractivity contribution in [1.82, 2.24) is 9.88 Å². The standard InChI is InChI=1S/C25H27N3O4/c1-25(2,3)22(29)21-18-17(23(30)27(24(18)31)12-13-32-4)16-10-9-15-8-7-14-6-5-11-26-19(14)20(15)28(16)21/h5-11,16-18,21H,12-13H2,1-4H3/t16-,17+,18-,21-/m1/s1. The van der Waals surface area contributed by atoms with Gasteiger partial charge in [0, 0.05) is 24.1 Å². The first-order valence-corrected chi connectivity index (χ1v) is 11.0. The van der Waals surface area contributed by atoms with E-state index in [-0.39, 0.29) is 36.8 Å². The summed E-state index contributed by atoms with van der Waals surface area (Å²) in [5.41, 5.74) is 1.88. The van der Waals surface area contributed by atoms with Crippen LogP contribution in [0.15, 0.2) is 36.5 Å². The van der Waals surface area contributed by atoms with Gasteiger partial charge < -0.3 is 9.64 Å². The van der Waals surface area contributed by atoms with Crippen LogP contribution in [0.1, 0.15) is 26.3 Å². The number of amides is 2. The maximum Gasteiger partial charge on any atom is 0.235 e. The van der Waals surface area contributed by atoms with E-state index in [9.17, 15) is 14.4 Å². The first-order valence-electron chi connectivity index (χ1n) is 11.0. The smallest absolute Gasteiger partial charge is 0.235 e. The molecular formula is C25H27N3O4. The number of hydrogen-bond acceptors (Lipinski definition) is 6. The normalized spacial score (nSPS) is 26.5. The van der Waals surface area contributed by atoms with E-state index in [0.29, 0.717) is 0 Å². The quantitative estimate of drug-likeness (QED) is 0.690. The Hall–Kier alpha value is -3.06. The SMILES string of the molecule is COCCN1C(=O)[C@@H]2[C@@H](C1=O)[C@H](C(=O)C(C)(C)C)N1c3c(ccc4cccnc34)C=C[C@H]21. The molecular weight excluding hydrogens is 406 g/mol. The lowest BCUT2D eigenvalue weighted by Crippen LogP contribution is -2.51. The molecule has 3 aliphatic heterocycles. The Morgan fingerprint density at radius 2 is 1.88 bits per heavy atom. The number of Topliss-reactive ketones (excluding diaryl/α,β-unsaturated/α-hetero) is 1. The number of ketones is 1. The van der Waals surface area contributed by atoms with Gasteiger partial charge in [0.1, 0.15) is 6.04 Å². The second-order valence-corrected chi connectivity index (χ2v) is 9.77. The summed E-state index contributed by atoms with van der Waals surface area (Å²) in [4.78, 5) is 48.6. The molecule has 2 aromatic rings. The summed E-state index contributed by atoms with van der Waals surface area (Å²) in [6, 6.07) is 6.77. The van der Waals surface area contributed by atoms with Crippen LogP contribution in [-0.2, 0) is 19.1 Å². The summed E-state index contributed by atoms with van der Waals surface area (Å²) in [5.74, 6) is -1.86. The van der Waals surface area contributed by atoms with E-state index in [0.717, 1.165) is 22.2 Å². The van der Waals surface area contributed by atoms with Crippen LogP contribution in [-0.4, -0.2) is 59.8 Å². The summed E-state index contributed by atoms with van der Waals surface area (Å²) in [7, 11) is 1.54. The number of ether oxygens (including phenoxy) is 1. The molecule has 0 N–H and O–H groups in total. The molecule has 4 heterocycles. The van der Waals surface area contributed by atoms with Gasteiger partial charge in [0.15, 0.2) is 5.78 Å². The van der Waals surface area contributed by atoms with Gasteiger partial charge in [-0.2, -0.15) is 0 Å². The van der Waals surface area contributed by atoms with Gasteiger partial charge in [-0.3, -0.25) is 24.3 Å². The maximum absolute atomic E-state index is 13.8. The average molecular weight is 434 g/mol. The molecule has 0 radical (unpaired) electrons. The minimum Gasteiger partial charge on any atom is -0.383 e. The molecule has 2 fully saturated rings. The van der Waals surface area contributed by atoms with Crippen LogP contribution in [0.2, 0.25) is 0 Å². The van der Waals surface area contributed by atoms with Crippen molar-refractivity contribution >= 4 is 40.3 Å². The van der Waals surface area contributed by atoms with Crippen molar-refractivity contribution in [2.24, 2.45) is 17.3 Å². The zero-order chi connectivity index (χ0) is 22.8. The van der Waals surface area contributed by atoms with Crippen LogP contribution in [0, 0.1) is 17.3 Å². The fourth-order valence-corrected chi connectivity index (χ4v) is 5.39. The number of likely N-dealkylation sites (tertiary alicyclic amines) is 1. The highest BCUT2D eigenvalue weighted by molar-refractivity contribution is 6.13. The zero-order valence-electron chi connectivity index (χ0n) is 18.7. The fourth-order valence-electron chi connectivity index (χ4n) is 5.39. The topological polar surface area (TPSA) is 79.8 Å². The van der Waals surface area contributed by atoms with Gasteiger partial charge in [-0.25, -0.2) is 0 Å². The molecule has 7 nitrogen and oxygen atoms in total. The number of aromatic nitrogens is 1. The lowest BCUT2D eigenvalue weighted by molar-refractivity contribution is -0.142. The van der Waals surface area contributed by atoms with Crippen molar-refractivity contribution in [1.29, 1.82) is 0 Å². The average Bonchev–Trinajstić information content (AvgIpc) is 3.23. The van der Waals surface area contributed by atoms with E-state index in [1.54, 1.807) is 13.3 Å². The lowest BCUT2D eigenvalue weighted by Gasteiger charge is -2.39. The molecule has 3 aliphatic rings. The maximum atomic E-state index is 13.8. The van der Waals surface area contributed by atoms with Crippen molar-refractivity contribution in [3.8, 4) is 0 Å². The third-order valence-corrected chi connectivity index (χ3v) is 6.86. The number of benzene rings is 1. The Morgan fingerprint density at radius 1 is 1.12 bits per heavy atom. The van der Waals surface area contributed by atoms with E-state index < -0.39 is 23.3 Å². The van der Waals surface area contributed by atoms with Crippen LogP contribution in [0.25, 0.3) is 17.0 Å². The summed E-state index contributed by atoms with van der Waals surface area (Å²) < 4.78 is 5.11. The van der Waals surface area contributed by atoms with Gasteiger partial charge in [-0.15, -0.1) is 0 Å². The molecule has 0 saturated carbocycles. The largest absolute Gasteiger partial charge is 0.383 e. The number of fused-ring (bicyclic) bond motifs is 7. The van der Waals surface area contributed by atoms with E-state index in [1.165, 1.54) is 4.90 Å². The fraction of sp³-hybridized carbons (Fsp3) is 0.440. The highest BCUT2D eigenvalue weighted by Crippen LogP contribution is 2.51. The number of carbonyl (C=O) groups excluding carboxylic acids is 3. The number of nitrogens with zero attached hydrogens (tertiary/aromatic N) is 3. The van der Waals surface area contributed by atoms with Gasteiger partial charge in [0.2, 0.25) is 11.8 Å². The molecule has 32 heavy (non-hydrogen) atoms. The van der Waals surface area contributed by atoms with Gasteiger partial charge in [-0.05, 0) is 11.6 Å². The minimum atomic E-state index is -0.731. The molecule has 4 atom stereocenters. The van der Waals surface area contributed by atoms with Crippen LogP contribution < -0.4 is 4.90 Å². The summed E-state index contributed by atoms with van der Waals surface area (Å²) in [5, 5.41) is 0.957. The highest BCUT2D eigenvalue weighted by atomic mass is 16.5. The summed E-state index contributed by atoms with van der Waals surface area (Å²) >= 11 is 0. The second kappa shape index (κ2) is 7.24. The number of methoxy groups -OCH3 is 1. The number of carbonyl (C=O) groups is 3. The molecule has 5 rings (SSSR count). The van der Waals surface area contributed by atoms with E-state index in [1.807, 2.05) is 62.1 Å². The molecule has 0 unspecified atom stereocenters. The van der Waals surface area contributed by atoms with Crippen LogP contribution in [0.4, 0.5) is 5.69 Å². The van der Waals surface area contributed by atoms with E-state index in [2.05, 4.69) is 4.98 Å². The third kappa shape index (κ3) is 2.84.